The Bertz CT molecular complexity index is 616. The molecule has 2 unspecified atom stereocenters. The Morgan fingerprint density at radius 3 is 2.73 bits per heavy atom. The number of carbonyl (C=O) groups is 1. The van der Waals surface area contributed by atoms with Crippen molar-refractivity contribution in [1.29, 1.82) is 0 Å². The molecule has 2 fully saturated rings. The largest absolute Gasteiger partial charge is 0.271 e. The number of benzene rings is 1. The zero-order valence-electron chi connectivity index (χ0n) is 12.2. The van der Waals surface area contributed by atoms with Gasteiger partial charge in [0.2, 0.25) is 0 Å². The average molecular weight is 341 g/mol. The van der Waals surface area contributed by atoms with Crippen molar-refractivity contribution < 1.29 is 4.79 Å². The summed E-state index contributed by atoms with van der Waals surface area (Å²) in [6, 6.07) is 5.42. The molecule has 1 aliphatic carbocycles. The van der Waals surface area contributed by atoms with Gasteiger partial charge in [0.25, 0.3) is 5.91 Å². The monoisotopic (exact) mass is 340 g/mol. The summed E-state index contributed by atoms with van der Waals surface area (Å²) in [6.45, 7) is 1.81. The van der Waals surface area contributed by atoms with Gasteiger partial charge in [-0.25, -0.2) is 10.9 Å². The Labute approximate surface area is 139 Å². The standard InChI is InChI=1S/C15H18Cl2N4O/c1-8(10-4-5-11(16)12(17)6-10)18-21-15(22)14-7-13(19-20-14)9-2-3-9/h4-6,9,13-14,19-20H,2-3,7H2,1H3,(H,21,22)/b18-8+. The first kappa shape index (κ1) is 15.7. The van der Waals surface area contributed by atoms with Gasteiger partial charge in [-0.2, -0.15) is 5.10 Å². The molecular weight excluding hydrogens is 323 g/mol. The molecule has 2 aliphatic rings. The molecule has 1 aromatic rings. The van der Waals surface area contributed by atoms with Gasteiger partial charge < -0.3 is 0 Å². The Kier molecular flexibility index (Phi) is 4.68. The Morgan fingerprint density at radius 1 is 1.27 bits per heavy atom. The summed E-state index contributed by atoms with van der Waals surface area (Å²) in [7, 11) is 0. The van der Waals surface area contributed by atoms with Crippen molar-refractivity contribution in [3.05, 3.63) is 33.8 Å². The van der Waals surface area contributed by atoms with E-state index in [2.05, 4.69) is 21.4 Å². The zero-order valence-corrected chi connectivity index (χ0v) is 13.7. The van der Waals surface area contributed by atoms with Gasteiger partial charge in [-0.1, -0.05) is 29.3 Å². The Balaban J connectivity index is 1.58. The number of carbonyl (C=O) groups excluding carboxylic acids is 1. The molecule has 3 N–H and O–H groups in total. The van der Waals surface area contributed by atoms with Gasteiger partial charge in [-0.3, -0.25) is 10.2 Å². The van der Waals surface area contributed by atoms with E-state index in [0.29, 0.717) is 27.7 Å². The predicted octanol–water partition coefficient (Wildman–Crippen LogP) is 2.48. The molecule has 1 heterocycles. The van der Waals surface area contributed by atoms with Crippen LogP contribution in [0.25, 0.3) is 0 Å². The minimum atomic E-state index is -0.240. The molecule has 22 heavy (non-hydrogen) atoms. The van der Waals surface area contributed by atoms with Gasteiger partial charge in [0.05, 0.1) is 15.8 Å². The van der Waals surface area contributed by atoms with E-state index in [1.807, 2.05) is 13.0 Å². The number of nitrogens with one attached hydrogen (secondary N) is 3. The number of rotatable bonds is 4. The normalized spacial score (nSPS) is 25.3. The van der Waals surface area contributed by atoms with E-state index in [0.717, 1.165) is 12.0 Å². The van der Waals surface area contributed by atoms with Crippen LogP contribution < -0.4 is 16.3 Å². The molecule has 1 saturated heterocycles. The molecule has 1 saturated carbocycles. The van der Waals surface area contributed by atoms with Gasteiger partial charge >= 0.3 is 0 Å². The summed E-state index contributed by atoms with van der Waals surface area (Å²) in [5.41, 5.74) is 10.3. The third-order valence-corrected chi connectivity index (χ3v) is 4.85. The third-order valence-electron chi connectivity index (χ3n) is 4.11. The van der Waals surface area contributed by atoms with E-state index in [1.165, 1.54) is 12.8 Å². The highest BCUT2D eigenvalue weighted by molar-refractivity contribution is 6.42. The number of hydrogen-bond donors (Lipinski definition) is 3. The summed E-state index contributed by atoms with van der Waals surface area (Å²) in [5, 5.41) is 5.10. The van der Waals surface area contributed by atoms with Gasteiger partial charge in [0.15, 0.2) is 0 Å². The number of hydrazine groups is 1. The molecule has 0 spiro atoms. The second-order valence-electron chi connectivity index (χ2n) is 5.82. The summed E-state index contributed by atoms with van der Waals surface area (Å²) >= 11 is 11.9. The fourth-order valence-electron chi connectivity index (χ4n) is 2.56. The molecule has 118 valence electrons. The third kappa shape index (κ3) is 3.60. The SMILES string of the molecule is C/C(=N\NC(=O)C1CC(C2CC2)NN1)c1ccc(Cl)c(Cl)c1. The van der Waals surface area contributed by atoms with E-state index in [-0.39, 0.29) is 11.9 Å². The number of halogens is 2. The lowest BCUT2D eigenvalue weighted by Gasteiger charge is -2.08. The molecule has 2 atom stereocenters. The van der Waals surface area contributed by atoms with Gasteiger partial charge in [0.1, 0.15) is 6.04 Å². The maximum Gasteiger partial charge on any atom is 0.258 e. The molecule has 0 aromatic heterocycles. The predicted molar refractivity (Wildman–Crippen MR) is 88.0 cm³/mol. The van der Waals surface area contributed by atoms with E-state index in [9.17, 15) is 4.79 Å². The molecule has 7 heteroatoms. The second-order valence-corrected chi connectivity index (χ2v) is 6.64. The topological polar surface area (TPSA) is 65.5 Å². The summed E-state index contributed by atoms with van der Waals surface area (Å²) in [4.78, 5) is 12.1. The lowest BCUT2D eigenvalue weighted by Crippen LogP contribution is -2.42. The molecule has 5 nitrogen and oxygen atoms in total. The molecule has 3 rings (SSSR count). The number of hydrazone groups is 1. The van der Waals surface area contributed by atoms with Crippen molar-refractivity contribution in [3.8, 4) is 0 Å². The molecular formula is C15H18Cl2N4O. The first-order chi connectivity index (χ1) is 10.5. The molecule has 1 aromatic carbocycles. The molecule has 1 amide bonds. The average Bonchev–Trinajstić information content (AvgIpc) is 3.24. The fourth-order valence-corrected chi connectivity index (χ4v) is 2.86. The lowest BCUT2D eigenvalue weighted by atomic mass is 10.1. The number of nitrogens with zero attached hydrogens (tertiary/aromatic N) is 1. The molecule has 0 bridgehead atoms. The van der Waals surface area contributed by atoms with Gasteiger partial charge in [0, 0.05) is 6.04 Å². The van der Waals surface area contributed by atoms with Crippen LogP contribution in [0.2, 0.25) is 10.0 Å². The molecule has 1 aliphatic heterocycles. The summed E-state index contributed by atoms with van der Waals surface area (Å²) in [6.07, 6.45) is 3.31. The minimum Gasteiger partial charge on any atom is -0.271 e. The van der Waals surface area contributed by atoms with E-state index in [1.54, 1.807) is 12.1 Å². The summed E-state index contributed by atoms with van der Waals surface area (Å²) in [5.74, 6) is 0.585. The number of hydrogen-bond acceptors (Lipinski definition) is 4. The van der Waals surface area contributed by atoms with Crippen molar-refractivity contribution in [2.75, 3.05) is 0 Å². The quantitative estimate of drug-likeness (QED) is 0.582. The van der Waals surface area contributed by atoms with Crippen molar-refractivity contribution in [1.82, 2.24) is 16.3 Å². The van der Waals surface area contributed by atoms with E-state index >= 15 is 0 Å². The highest BCUT2D eigenvalue weighted by Gasteiger charge is 2.38. The van der Waals surface area contributed by atoms with Crippen molar-refractivity contribution in [2.45, 2.75) is 38.3 Å². The van der Waals surface area contributed by atoms with Crippen molar-refractivity contribution in [2.24, 2.45) is 11.0 Å². The highest BCUT2D eigenvalue weighted by atomic mass is 35.5. The van der Waals surface area contributed by atoms with E-state index in [4.69, 9.17) is 23.2 Å². The van der Waals surface area contributed by atoms with Crippen LogP contribution in [0.4, 0.5) is 0 Å². The van der Waals surface area contributed by atoms with Crippen LogP contribution in [0, 0.1) is 5.92 Å². The maximum atomic E-state index is 12.1. The van der Waals surface area contributed by atoms with Crippen LogP contribution in [0.5, 0.6) is 0 Å². The fraction of sp³-hybridized carbons (Fsp3) is 0.467. The number of amides is 1. The first-order valence-electron chi connectivity index (χ1n) is 7.35. The first-order valence-corrected chi connectivity index (χ1v) is 8.11. The van der Waals surface area contributed by atoms with Gasteiger partial charge in [-0.15, -0.1) is 0 Å². The zero-order chi connectivity index (χ0) is 15.7. The summed E-state index contributed by atoms with van der Waals surface area (Å²) < 4.78 is 0. The Morgan fingerprint density at radius 2 is 2.05 bits per heavy atom. The van der Waals surface area contributed by atoms with Gasteiger partial charge in [-0.05, 0) is 49.8 Å². The lowest BCUT2D eigenvalue weighted by molar-refractivity contribution is -0.122. The van der Waals surface area contributed by atoms with Crippen LogP contribution in [0.3, 0.4) is 0 Å². The van der Waals surface area contributed by atoms with Crippen LogP contribution >= 0.6 is 23.2 Å². The van der Waals surface area contributed by atoms with Crippen LogP contribution in [0.1, 0.15) is 31.7 Å². The van der Waals surface area contributed by atoms with Crippen LogP contribution in [0.15, 0.2) is 23.3 Å². The highest BCUT2D eigenvalue weighted by Crippen LogP contribution is 2.35. The minimum absolute atomic E-state index is 0.130. The van der Waals surface area contributed by atoms with Crippen LogP contribution in [-0.4, -0.2) is 23.7 Å². The smallest absolute Gasteiger partial charge is 0.258 e. The second kappa shape index (κ2) is 6.54. The molecule has 0 radical (unpaired) electrons. The van der Waals surface area contributed by atoms with E-state index < -0.39 is 0 Å². The maximum absolute atomic E-state index is 12.1. The van der Waals surface area contributed by atoms with Crippen molar-refractivity contribution in [3.63, 3.8) is 0 Å². The van der Waals surface area contributed by atoms with Crippen molar-refractivity contribution >= 4 is 34.8 Å². The van der Waals surface area contributed by atoms with Crippen LogP contribution in [-0.2, 0) is 4.79 Å². The Hall–Kier alpha value is -1.14.